The molecular formula is C24H26N4O3S. The summed E-state index contributed by atoms with van der Waals surface area (Å²) in [6.45, 7) is 5.23. The Labute approximate surface area is 191 Å². The van der Waals surface area contributed by atoms with E-state index in [1.807, 2.05) is 32.0 Å². The van der Waals surface area contributed by atoms with Crippen molar-refractivity contribution < 1.29 is 14.4 Å². The van der Waals surface area contributed by atoms with Crippen molar-refractivity contribution in [2.75, 3.05) is 37.0 Å². The van der Waals surface area contributed by atoms with Gasteiger partial charge >= 0.3 is 0 Å². The molecule has 2 heterocycles. The molecule has 7 nitrogen and oxygen atoms in total. The molecule has 3 amide bonds. The molecule has 1 fully saturated rings. The van der Waals surface area contributed by atoms with Gasteiger partial charge in [-0.2, -0.15) is 0 Å². The number of fused-ring (bicyclic) bond motifs is 1. The molecule has 0 bridgehead atoms. The number of nitrogens with zero attached hydrogens (tertiary/aromatic N) is 4. The van der Waals surface area contributed by atoms with Crippen LogP contribution < -0.4 is 9.80 Å². The molecule has 1 saturated heterocycles. The first-order chi connectivity index (χ1) is 15.3. The maximum Gasteiger partial charge on any atom is 0.260 e. The van der Waals surface area contributed by atoms with E-state index in [4.69, 9.17) is 4.98 Å². The normalized spacial score (nSPS) is 14.1. The molecule has 2 aromatic carbocycles. The van der Waals surface area contributed by atoms with E-state index in [1.54, 1.807) is 29.2 Å². The number of hydrogen-bond donors (Lipinski definition) is 0. The van der Waals surface area contributed by atoms with Crippen molar-refractivity contribution in [3.8, 4) is 0 Å². The van der Waals surface area contributed by atoms with Crippen molar-refractivity contribution in [2.24, 2.45) is 0 Å². The lowest BCUT2D eigenvalue weighted by Crippen LogP contribution is -2.37. The van der Waals surface area contributed by atoms with Crippen molar-refractivity contribution in [3.63, 3.8) is 0 Å². The first-order valence-corrected chi connectivity index (χ1v) is 11.4. The average Bonchev–Trinajstić information content (AvgIpc) is 3.34. The molecule has 32 heavy (non-hydrogen) atoms. The zero-order valence-electron chi connectivity index (χ0n) is 18.7. The molecule has 1 aromatic heterocycles. The van der Waals surface area contributed by atoms with Gasteiger partial charge in [0.15, 0.2) is 5.13 Å². The number of rotatable bonds is 6. The maximum atomic E-state index is 13.6. The molecule has 3 aromatic rings. The fourth-order valence-corrected chi connectivity index (χ4v) is 4.76. The third-order valence-corrected chi connectivity index (χ3v) is 6.77. The fourth-order valence-electron chi connectivity index (χ4n) is 3.71. The lowest BCUT2D eigenvalue weighted by atomic mass is 10.1. The number of amides is 3. The highest BCUT2D eigenvalue weighted by Crippen LogP contribution is 2.33. The Bertz CT molecular complexity index is 1200. The highest BCUT2D eigenvalue weighted by Gasteiger charge is 2.31. The molecule has 0 atom stereocenters. The van der Waals surface area contributed by atoms with Gasteiger partial charge in [-0.25, -0.2) is 4.98 Å². The minimum atomic E-state index is -0.235. The van der Waals surface area contributed by atoms with Crippen LogP contribution in [-0.2, 0) is 9.59 Å². The van der Waals surface area contributed by atoms with Crippen LogP contribution in [0.3, 0.4) is 0 Å². The van der Waals surface area contributed by atoms with Crippen LogP contribution in [0.1, 0.15) is 34.3 Å². The van der Waals surface area contributed by atoms with Crippen LogP contribution in [0.5, 0.6) is 0 Å². The first-order valence-electron chi connectivity index (χ1n) is 10.6. The Hall–Kier alpha value is -3.10. The second-order valence-corrected chi connectivity index (χ2v) is 9.29. The zero-order chi connectivity index (χ0) is 23.0. The van der Waals surface area contributed by atoms with Crippen LogP contribution in [0.15, 0.2) is 36.4 Å². The van der Waals surface area contributed by atoms with Crippen molar-refractivity contribution in [1.29, 1.82) is 0 Å². The summed E-state index contributed by atoms with van der Waals surface area (Å²) < 4.78 is 1.03. The molecule has 1 aliphatic rings. The molecule has 0 spiro atoms. The van der Waals surface area contributed by atoms with Crippen LogP contribution in [0.2, 0.25) is 0 Å². The lowest BCUT2D eigenvalue weighted by Gasteiger charge is -2.23. The minimum absolute atomic E-state index is 0.205. The number of aryl methyl sites for hydroxylation is 2. The van der Waals surface area contributed by atoms with Gasteiger partial charge < -0.3 is 4.90 Å². The summed E-state index contributed by atoms with van der Waals surface area (Å²) in [5.74, 6) is -0.677. The summed E-state index contributed by atoms with van der Waals surface area (Å²) in [6, 6.07) is 10.8. The Morgan fingerprint density at radius 2 is 1.78 bits per heavy atom. The summed E-state index contributed by atoms with van der Waals surface area (Å²) >= 11 is 1.49. The predicted octanol–water partition coefficient (Wildman–Crippen LogP) is 3.77. The van der Waals surface area contributed by atoms with E-state index in [0.717, 1.165) is 21.3 Å². The smallest absolute Gasteiger partial charge is 0.260 e. The van der Waals surface area contributed by atoms with Gasteiger partial charge in [0.25, 0.3) is 5.91 Å². The number of carbonyl (C=O) groups is 3. The summed E-state index contributed by atoms with van der Waals surface area (Å²) in [6.07, 6.45) is 0.410. The van der Waals surface area contributed by atoms with Gasteiger partial charge in [-0.15, -0.1) is 0 Å². The molecule has 8 heteroatoms. The average molecular weight is 451 g/mol. The molecule has 1 aliphatic heterocycles. The highest BCUT2D eigenvalue weighted by molar-refractivity contribution is 7.22. The van der Waals surface area contributed by atoms with Crippen molar-refractivity contribution >= 4 is 50.1 Å². The Morgan fingerprint density at radius 3 is 2.47 bits per heavy atom. The van der Waals surface area contributed by atoms with Gasteiger partial charge in [0.1, 0.15) is 0 Å². The van der Waals surface area contributed by atoms with Gasteiger partial charge in [0, 0.05) is 31.5 Å². The number of likely N-dealkylation sites (N-methyl/N-ethyl adjacent to an activating group) is 1. The van der Waals surface area contributed by atoms with E-state index in [2.05, 4.69) is 13.0 Å². The molecule has 0 N–H and O–H groups in total. The molecule has 0 saturated carbocycles. The topological polar surface area (TPSA) is 73.8 Å². The first kappa shape index (κ1) is 22.1. The second-order valence-electron chi connectivity index (χ2n) is 8.28. The monoisotopic (exact) mass is 450 g/mol. The number of hydrogen-bond acceptors (Lipinski definition) is 6. The van der Waals surface area contributed by atoms with Gasteiger partial charge in [0.2, 0.25) is 11.8 Å². The van der Waals surface area contributed by atoms with E-state index in [1.165, 1.54) is 16.2 Å². The molecule has 0 aliphatic carbocycles. The van der Waals surface area contributed by atoms with Gasteiger partial charge in [-0.3, -0.25) is 24.2 Å². The number of thiazole rings is 1. The van der Waals surface area contributed by atoms with E-state index < -0.39 is 0 Å². The molecule has 0 radical (unpaired) electrons. The number of benzene rings is 2. The maximum absolute atomic E-state index is 13.6. The Kier molecular flexibility index (Phi) is 6.08. The molecule has 0 unspecified atom stereocenters. The van der Waals surface area contributed by atoms with Crippen molar-refractivity contribution in [1.82, 2.24) is 9.88 Å². The van der Waals surface area contributed by atoms with Crippen molar-refractivity contribution in [3.05, 3.63) is 53.1 Å². The van der Waals surface area contributed by atoms with Crippen molar-refractivity contribution in [2.45, 2.75) is 26.7 Å². The van der Waals surface area contributed by atoms with Crippen LogP contribution >= 0.6 is 11.3 Å². The number of carbonyl (C=O) groups excluding carboxylic acids is 3. The van der Waals surface area contributed by atoms with Crippen LogP contribution in [0, 0.1) is 13.8 Å². The van der Waals surface area contributed by atoms with E-state index in [0.29, 0.717) is 29.5 Å². The lowest BCUT2D eigenvalue weighted by molar-refractivity contribution is -0.121. The van der Waals surface area contributed by atoms with Crippen LogP contribution in [0.4, 0.5) is 10.8 Å². The highest BCUT2D eigenvalue weighted by atomic mass is 32.1. The quantitative estimate of drug-likeness (QED) is 0.535. The molecular weight excluding hydrogens is 424 g/mol. The zero-order valence-corrected chi connectivity index (χ0v) is 19.5. The minimum Gasteiger partial charge on any atom is -0.308 e. The van der Waals surface area contributed by atoms with Gasteiger partial charge in [-0.1, -0.05) is 23.5 Å². The van der Waals surface area contributed by atoms with E-state index in [-0.39, 0.29) is 30.6 Å². The summed E-state index contributed by atoms with van der Waals surface area (Å²) in [7, 11) is 3.92. The summed E-state index contributed by atoms with van der Waals surface area (Å²) in [5, 5.41) is 0.638. The molecule has 166 valence electrons. The third kappa shape index (κ3) is 4.16. The van der Waals surface area contributed by atoms with Gasteiger partial charge in [-0.05, 0) is 63.3 Å². The molecule has 4 rings (SSSR count). The summed E-state index contributed by atoms with van der Waals surface area (Å²) in [4.78, 5) is 47.6. The predicted molar refractivity (Wildman–Crippen MR) is 127 cm³/mol. The second kappa shape index (κ2) is 8.80. The fraction of sp³-hybridized carbons (Fsp3) is 0.333. The van der Waals surface area contributed by atoms with Crippen LogP contribution in [-0.4, -0.2) is 54.8 Å². The number of imide groups is 1. The largest absolute Gasteiger partial charge is 0.308 e. The van der Waals surface area contributed by atoms with E-state index >= 15 is 0 Å². The standard InChI is InChI=1S/C24H26N4O3S/c1-15-8-9-19-22(16(15)2)25-24(32-19)27(13-12-26(3)4)23(31)17-6-5-7-18(14-17)28-20(29)10-11-21(28)30/h5-9,14H,10-13H2,1-4H3. The van der Waals surface area contributed by atoms with E-state index in [9.17, 15) is 14.4 Å². The van der Waals surface area contributed by atoms with Crippen LogP contribution in [0.25, 0.3) is 10.2 Å². The Morgan fingerprint density at radius 1 is 1.06 bits per heavy atom. The SMILES string of the molecule is Cc1ccc2sc(N(CCN(C)C)C(=O)c3cccc(N4C(=O)CCC4=O)c3)nc2c1C. The number of anilines is 2. The number of aromatic nitrogens is 1. The van der Waals surface area contributed by atoms with Gasteiger partial charge in [0.05, 0.1) is 15.9 Å². The summed E-state index contributed by atoms with van der Waals surface area (Å²) in [5.41, 5.74) is 4.04. The third-order valence-electron chi connectivity index (χ3n) is 5.72. The Balaban J connectivity index is 1.72.